The van der Waals surface area contributed by atoms with Crippen molar-refractivity contribution in [3.8, 4) is 6.01 Å². The molecular formula is C11H15N2O4S. The van der Waals surface area contributed by atoms with E-state index in [-0.39, 0.29) is 37.0 Å². The maximum Gasteiger partial charge on any atom is 0.316 e. The van der Waals surface area contributed by atoms with Crippen LogP contribution < -0.4 is 4.74 Å². The molecular weight excluding hydrogens is 256 g/mol. The number of rotatable bonds is 3. The summed E-state index contributed by atoms with van der Waals surface area (Å²) in [7, 11) is -3.00. The summed E-state index contributed by atoms with van der Waals surface area (Å²) in [6, 6.07) is 2.96. The van der Waals surface area contributed by atoms with Gasteiger partial charge in [-0.2, -0.15) is 4.98 Å². The van der Waals surface area contributed by atoms with Crippen LogP contribution in [0.4, 0.5) is 0 Å². The first-order valence-electron chi connectivity index (χ1n) is 5.66. The van der Waals surface area contributed by atoms with Gasteiger partial charge in [-0.15, -0.1) is 0 Å². The van der Waals surface area contributed by atoms with E-state index in [0.29, 0.717) is 5.69 Å². The minimum absolute atomic E-state index is 0.00465. The van der Waals surface area contributed by atoms with Crippen LogP contribution in [-0.4, -0.2) is 47.2 Å². The molecule has 6 nitrogen and oxygen atoms in total. The van der Waals surface area contributed by atoms with Crippen molar-refractivity contribution in [3.63, 3.8) is 0 Å². The Bertz CT molecular complexity index is 516. The Kier molecular flexibility index (Phi) is 3.54. The summed E-state index contributed by atoms with van der Waals surface area (Å²) in [6.45, 7) is 1.77. The highest BCUT2D eigenvalue weighted by Crippen LogP contribution is 2.24. The van der Waals surface area contributed by atoms with Crippen molar-refractivity contribution >= 4 is 9.84 Å². The third-order valence-electron chi connectivity index (χ3n) is 2.94. The minimum Gasteiger partial charge on any atom is -0.460 e. The molecule has 99 valence electrons. The van der Waals surface area contributed by atoms with Crippen LogP contribution >= 0.6 is 0 Å². The topological polar surface area (TPSA) is 89.4 Å². The van der Waals surface area contributed by atoms with Gasteiger partial charge in [-0.25, -0.2) is 13.4 Å². The minimum atomic E-state index is -3.00. The molecule has 0 saturated carbocycles. The first-order chi connectivity index (χ1) is 8.39. The predicted octanol–water partition coefficient (Wildman–Crippen LogP) is -0.0963. The molecule has 0 aromatic carbocycles. The zero-order valence-corrected chi connectivity index (χ0v) is 10.9. The van der Waals surface area contributed by atoms with Crippen LogP contribution in [0.15, 0.2) is 6.20 Å². The molecule has 7 heteroatoms. The van der Waals surface area contributed by atoms with E-state index >= 15 is 0 Å². The second-order valence-corrected chi connectivity index (χ2v) is 6.85. The highest BCUT2D eigenvalue weighted by Gasteiger charge is 2.36. The number of aliphatic hydroxyl groups is 1. The molecule has 1 fully saturated rings. The molecule has 1 saturated heterocycles. The van der Waals surface area contributed by atoms with Crippen LogP contribution in [0.3, 0.4) is 0 Å². The molecule has 18 heavy (non-hydrogen) atoms. The lowest BCUT2D eigenvalue weighted by Crippen LogP contribution is -2.44. The number of sulfone groups is 1. The van der Waals surface area contributed by atoms with Gasteiger partial charge in [-0.1, -0.05) is 0 Å². The zero-order chi connectivity index (χ0) is 13.2. The second-order valence-electron chi connectivity index (χ2n) is 4.55. The number of ether oxygens (including phenoxy) is 1. The Morgan fingerprint density at radius 3 is 2.78 bits per heavy atom. The molecule has 0 atom stereocenters. The van der Waals surface area contributed by atoms with Crippen molar-refractivity contribution in [3.05, 3.63) is 18.0 Å². The number of hydrogen-bond acceptors (Lipinski definition) is 6. The van der Waals surface area contributed by atoms with Crippen molar-refractivity contribution in [1.29, 1.82) is 0 Å². The first kappa shape index (κ1) is 13.2. The van der Waals surface area contributed by atoms with E-state index in [0.717, 1.165) is 0 Å². The van der Waals surface area contributed by atoms with Crippen LogP contribution in [0.1, 0.15) is 18.5 Å². The Hall–Kier alpha value is -1.21. The van der Waals surface area contributed by atoms with Crippen LogP contribution in [0.25, 0.3) is 0 Å². The average molecular weight is 271 g/mol. The maximum absolute atomic E-state index is 11.3. The SMILES string of the molecule is Cc1[c]cnc(OCC2(O)CCS(=O)(=O)CC2)n1. The molecule has 0 spiro atoms. The molecule has 2 rings (SSSR count). The largest absolute Gasteiger partial charge is 0.460 e. The van der Waals surface area contributed by atoms with Gasteiger partial charge < -0.3 is 9.84 Å². The van der Waals surface area contributed by atoms with Gasteiger partial charge in [-0.05, 0) is 19.8 Å². The van der Waals surface area contributed by atoms with Crippen LogP contribution in [0.5, 0.6) is 6.01 Å². The summed E-state index contributed by atoms with van der Waals surface area (Å²) in [5.74, 6) is -0.00930. The molecule has 1 aromatic rings. The predicted molar refractivity (Wildman–Crippen MR) is 63.9 cm³/mol. The molecule has 1 aliphatic heterocycles. The highest BCUT2D eigenvalue weighted by molar-refractivity contribution is 7.91. The molecule has 0 aliphatic carbocycles. The molecule has 1 aromatic heterocycles. The number of aryl methyl sites for hydroxylation is 1. The molecule has 1 radical (unpaired) electrons. The van der Waals surface area contributed by atoms with Gasteiger partial charge in [-0.3, -0.25) is 0 Å². The number of nitrogens with zero attached hydrogens (tertiary/aromatic N) is 2. The number of hydrogen-bond donors (Lipinski definition) is 1. The van der Waals surface area contributed by atoms with Gasteiger partial charge in [0.25, 0.3) is 0 Å². The Morgan fingerprint density at radius 1 is 1.50 bits per heavy atom. The molecule has 0 amide bonds. The lowest BCUT2D eigenvalue weighted by Gasteiger charge is -2.31. The van der Waals surface area contributed by atoms with Crippen molar-refractivity contribution in [1.82, 2.24) is 9.97 Å². The van der Waals surface area contributed by atoms with Crippen molar-refractivity contribution in [2.75, 3.05) is 18.1 Å². The van der Waals surface area contributed by atoms with Crippen LogP contribution in [-0.2, 0) is 9.84 Å². The van der Waals surface area contributed by atoms with E-state index in [1.54, 1.807) is 6.92 Å². The van der Waals surface area contributed by atoms with Gasteiger partial charge >= 0.3 is 6.01 Å². The third-order valence-corrected chi connectivity index (χ3v) is 4.59. The van der Waals surface area contributed by atoms with Gasteiger partial charge in [0.15, 0.2) is 9.84 Å². The molecule has 1 N–H and O–H groups in total. The first-order valence-corrected chi connectivity index (χ1v) is 7.48. The monoisotopic (exact) mass is 271 g/mol. The van der Waals surface area contributed by atoms with Gasteiger partial charge in [0.05, 0.1) is 17.2 Å². The summed E-state index contributed by atoms with van der Waals surface area (Å²) >= 11 is 0. The molecule has 0 bridgehead atoms. The molecule has 1 aliphatic rings. The van der Waals surface area contributed by atoms with Gasteiger partial charge in [0, 0.05) is 12.3 Å². The summed E-state index contributed by atoms with van der Waals surface area (Å²) < 4.78 is 27.9. The molecule has 0 unspecified atom stereocenters. The van der Waals surface area contributed by atoms with E-state index in [1.165, 1.54) is 6.20 Å². The third kappa shape index (κ3) is 3.39. The fraction of sp³-hybridized carbons (Fsp3) is 0.636. The molecule has 2 heterocycles. The second kappa shape index (κ2) is 4.81. The fourth-order valence-electron chi connectivity index (χ4n) is 1.72. The van der Waals surface area contributed by atoms with E-state index < -0.39 is 15.4 Å². The average Bonchev–Trinajstić information content (AvgIpc) is 2.32. The Morgan fingerprint density at radius 2 is 2.17 bits per heavy atom. The van der Waals surface area contributed by atoms with E-state index in [4.69, 9.17) is 4.74 Å². The summed E-state index contributed by atoms with van der Waals surface area (Å²) in [5.41, 5.74) is -0.458. The van der Waals surface area contributed by atoms with Crippen molar-refractivity contribution < 1.29 is 18.3 Å². The Labute approximate surface area is 106 Å². The lowest BCUT2D eigenvalue weighted by atomic mass is 9.98. The van der Waals surface area contributed by atoms with Crippen molar-refractivity contribution in [2.45, 2.75) is 25.4 Å². The highest BCUT2D eigenvalue weighted by atomic mass is 32.2. The lowest BCUT2D eigenvalue weighted by molar-refractivity contribution is -0.0155. The van der Waals surface area contributed by atoms with Crippen molar-refractivity contribution in [2.24, 2.45) is 0 Å². The van der Waals surface area contributed by atoms with Crippen LogP contribution in [0, 0.1) is 13.0 Å². The van der Waals surface area contributed by atoms with E-state index in [2.05, 4.69) is 16.0 Å². The van der Waals surface area contributed by atoms with E-state index in [1.807, 2.05) is 0 Å². The van der Waals surface area contributed by atoms with Gasteiger partial charge in [0.1, 0.15) is 12.2 Å². The maximum atomic E-state index is 11.3. The standard InChI is InChI=1S/C11H15N2O4S/c1-9-2-5-12-10(13-9)17-8-11(14)3-6-18(15,16)7-4-11/h5,14H,3-4,6-8H2,1H3. The normalized spacial score (nSPS) is 21.4. The summed E-state index contributed by atoms with van der Waals surface area (Å²) in [5, 5.41) is 10.2. The summed E-state index contributed by atoms with van der Waals surface area (Å²) in [4.78, 5) is 7.86. The van der Waals surface area contributed by atoms with E-state index in [9.17, 15) is 13.5 Å². The Balaban J connectivity index is 1.94. The zero-order valence-electron chi connectivity index (χ0n) is 10.1. The number of aromatic nitrogens is 2. The fourth-order valence-corrected chi connectivity index (χ4v) is 3.30. The quantitative estimate of drug-likeness (QED) is 0.826. The van der Waals surface area contributed by atoms with Crippen LogP contribution in [0.2, 0.25) is 0 Å². The smallest absolute Gasteiger partial charge is 0.316 e. The van der Waals surface area contributed by atoms with Gasteiger partial charge in [0.2, 0.25) is 0 Å². The summed E-state index contributed by atoms with van der Waals surface area (Å²) in [6.07, 6.45) is 1.83.